The molecule has 3 rings (SSSR count). The molecule has 0 aliphatic rings. The van der Waals surface area contributed by atoms with Gasteiger partial charge in [0.2, 0.25) is 0 Å². The SMILES string of the molecule is CN(C)C(=O)c1c(-c2ccccc2)cnnc1-c1cnn(C)c1. The van der Waals surface area contributed by atoms with E-state index in [1.165, 1.54) is 0 Å². The molecule has 23 heavy (non-hydrogen) atoms. The van der Waals surface area contributed by atoms with Crippen LogP contribution in [-0.4, -0.2) is 44.9 Å². The molecule has 0 aliphatic carbocycles. The topological polar surface area (TPSA) is 63.9 Å². The van der Waals surface area contributed by atoms with Crippen LogP contribution in [0.4, 0.5) is 0 Å². The van der Waals surface area contributed by atoms with Gasteiger partial charge in [0.25, 0.3) is 5.91 Å². The average Bonchev–Trinajstić information content (AvgIpc) is 3.00. The van der Waals surface area contributed by atoms with Gasteiger partial charge in [-0.25, -0.2) is 0 Å². The Bertz CT molecular complexity index is 839. The minimum absolute atomic E-state index is 0.113. The summed E-state index contributed by atoms with van der Waals surface area (Å²) in [6.45, 7) is 0. The van der Waals surface area contributed by atoms with Crippen LogP contribution >= 0.6 is 0 Å². The van der Waals surface area contributed by atoms with Crippen molar-refractivity contribution in [3.63, 3.8) is 0 Å². The summed E-state index contributed by atoms with van der Waals surface area (Å²) in [6, 6.07) is 9.72. The standard InChI is InChI=1S/C17H17N5O/c1-21(2)17(23)15-14(12-7-5-4-6-8-12)10-18-20-16(15)13-9-19-22(3)11-13/h4-11H,1-3H3. The van der Waals surface area contributed by atoms with Crippen LogP contribution in [-0.2, 0) is 7.05 Å². The summed E-state index contributed by atoms with van der Waals surface area (Å²) in [4.78, 5) is 14.3. The number of aryl methyl sites for hydroxylation is 1. The van der Waals surface area contributed by atoms with Crippen LogP contribution < -0.4 is 0 Å². The Kier molecular flexibility index (Phi) is 3.89. The van der Waals surface area contributed by atoms with Crippen LogP contribution in [0.5, 0.6) is 0 Å². The largest absolute Gasteiger partial charge is 0.345 e. The minimum atomic E-state index is -0.113. The Labute approximate surface area is 134 Å². The highest BCUT2D eigenvalue weighted by Gasteiger charge is 2.22. The molecule has 0 N–H and O–H groups in total. The lowest BCUT2D eigenvalue weighted by Crippen LogP contribution is -2.23. The summed E-state index contributed by atoms with van der Waals surface area (Å²) in [5, 5.41) is 12.5. The predicted molar refractivity (Wildman–Crippen MR) is 87.7 cm³/mol. The summed E-state index contributed by atoms with van der Waals surface area (Å²) >= 11 is 0. The molecule has 0 aliphatic heterocycles. The van der Waals surface area contributed by atoms with Gasteiger partial charge in [-0.05, 0) is 5.56 Å². The van der Waals surface area contributed by atoms with Crippen molar-refractivity contribution in [3.8, 4) is 22.4 Å². The maximum absolute atomic E-state index is 12.8. The number of rotatable bonds is 3. The quantitative estimate of drug-likeness (QED) is 0.744. The van der Waals surface area contributed by atoms with Crippen LogP contribution in [0.25, 0.3) is 22.4 Å². The molecule has 0 fully saturated rings. The number of hydrogen-bond acceptors (Lipinski definition) is 4. The minimum Gasteiger partial charge on any atom is -0.345 e. The molecular formula is C17H17N5O. The number of hydrogen-bond donors (Lipinski definition) is 0. The van der Waals surface area contributed by atoms with Crippen molar-refractivity contribution in [2.75, 3.05) is 14.1 Å². The van der Waals surface area contributed by atoms with Crippen LogP contribution in [0.1, 0.15) is 10.4 Å². The van der Waals surface area contributed by atoms with Crippen molar-refractivity contribution in [3.05, 3.63) is 54.5 Å². The van der Waals surface area contributed by atoms with E-state index in [-0.39, 0.29) is 5.91 Å². The summed E-state index contributed by atoms with van der Waals surface area (Å²) in [5.74, 6) is -0.113. The first-order valence-electron chi connectivity index (χ1n) is 7.19. The number of carbonyl (C=O) groups is 1. The Morgan fingerprint density at radius 3 is 2.43 bits per heavy atom. The van der Waals surface area contributed by atoms with Gasteiger partial charge in [-0.2, -0.15) is 10.2 Å². The Balaban J connectivity index is 2.27. The lowest BCUT2D eigenvalue weighted by atomic mass is 9.98. The maximum atomic E-state index is 12.8. The highest BCUT2D eigenvalue weighted by Crippen LogP contribution is 2.30. The van der Waals surface area contributed by atoms with Crippen molar-refractivity contribution in [2.45, 2.75) is 0 Å². The van der Waals surface area contributed by atoms with Crippen LogP contribution in [0, 0.1) is 0 Å². The summed E-state index contributed by atoms with van der Waals surface area (Å²) < 4.78 is 1.68. The number of benzene rings is 1. The third-order valence-electron chi connectivity index (χ3n) is 3.53. The van der Waals surface area contributed by atoms with Crippen LogP contribution in [0.3, 0.4) is 0 Å². The van der Waals surface area contributed by atoms with Crippen LogP contribution in [0.15, 0.2) is 48.9 Å². The second-order valence-electron chi connectivity index (χ2n) is 5.45. The molecule has 0 saturated carbocycles. The van der Waals surface area contributed by atoms with Gasteiger partial charge in [-0.3, -0.25) is 9.48 Å². The van der Waals surface area contributed by atoms with Gasteiger partial charge in [0.05, 0.1) is 18.0 Å². The molecule has 2 aromatic heterocycles. The highest BCUT2D eigenvalue weighted by molar-refractivity contribution is 6.05. The number of aromatic nitrogens is 4. The van der Waals surface area contributed by atoms with Crippen molar-refractivity contribution in [2.24, 2.45) is 7.05 Å². The van der Waals surface area contributed by atoms with Gasteiger partial charge in [0, 0.05) is 38.5 Å². The zero-order valence-corrected chi connectivity index (χ0v) is 13.3. The Morgan fingerprint density at radius 2 is 1.83 bits per heavy atom. The van der Waals surface area contributed by atoms with Crippen LogP contribution in [0.2, 0.25) is 0 Å². The molecule has 0 radical (unpaired) electrons. The molecule has 0 bridgehead atoms. The monoisotopic (exact) mass is 307 g/mol. The lowest BCUT2D eigenvalue weighted by molar-refractivity contribution is 0.0828. The summed E-state index contributed by atoms with van der Waals surface area (Å²) in [5.41, 5.74) is 3.53. The Hall–Kier alpha value is -3.02. The van der Waals surface area contributed by atoms with Crippen molar-refractivity contribution in [1.29, 1.82) is 0 Å². The van der Waals surface area contributed by atoms with Crippen molar-refractivity contribution in [1.82, 2.24) is 24.9 Å². The number of amides is 1. The fraction of sp³-hybridized carbons (Fsp3) is 0.176. The summed E-state index contributed by atoms with van der Waals surface area (Å²) in [6.07, 6.45) is 5.14. The highest BCUT2D eigenvalue weighted by atomic mass is 16.2. The fourth-order valence-corrected chi connectivity index (χ4v) is 2.41. The second kappa shape index (κ2) is 6.00. The molecule has 2 heterocycles. The second-order valence-corrected chi connectivity index (χ2v) is 5.45. The van der Waals surface area contributed by atoms with Gasteiger partial charge >= 0.3 is 0 Å². The van der Waals surface area contributed by atoms with Crippen molar-refractivity contribution >= 4 is 5.91 Å². The number of carbonyl (C=O) groups excluding carboxylic acids is 1. The maximum Gasteiger partial charge on any atom is 0.256 e. The van der Waals surface area contributed by atoms with Gasteiger partial charge in [0.1, 0.15) is 5.69 Å². The molecule has 1 aromatic carbocycles. The van der Waals surface area contributed by atoms with Crippen molar-refractivity contribution < 1.29 is 4.79 Å². The van der Waals surface area contributed by atoms with Gasteiger partial charge in [-0.1, -0.05) is 30.3 Å². The van der Waals surface area contributed by atoms with Gasteiger partial charge in [0.15, 0.2) is 0 Å². The normalized spacial score (nSPS) is 10.6. The number of nitrogens with zero attached hydrogens (tertiary/aromatic N) is 5. The zero-order chi connectivity index (χ0) is 16.4. The molecule has 0 spiro atoms. The molecule has 6 heteroatoms. The first kappa shape index (κ1) is 14.9. The smallest absolute Gasteiger partial charge is 0.256 e. The van der Waals surface area contributed by atoms with Gasteiger partial charge in [-0.15, -0.1) is 5.10 Å². The van der Waals surface area contributed by atoms with E-state index >= 15 is 0 Å². The summed E-state index contributed by atoms with van der Waals surface area (Å²) in [7, 11) is 5.28. The fourth-order valence-electron chi connectivity index (χ4n) is 2.41. The van der Waals surface area contributed by atoms with E-state index in [4.69, 9.17) is 0 Å². The molecule has 116 valence electrons. The molecule has 3 aromatic rings. The Morgan fingerprint density at radius 1 is 1.09 bits per heavy atom. The molecule has 0 saturated heterocycles. The van der Waals surface area contributed by atoms with E-state index in [0.29, 0.717) is 11.3 Å². The zero-order valence-electron chi connectivity index (χ0n) is 13.3. The van der Waals surface area contributed by atoms with E-state index < -0.39 is 0 Å². The predicted octanol–water partition coefficient (Wildman–Crippen LogP) is 2.25. The molecule has 0 atom stereocenters. The van der Waals surface area contributed by atoms with Gasteiger partial charge < -0.3 is 4.90 Å². The molecule has 0 unspecified atom stereocenters. The third-order valence-corrected chi connectivity index (χ3v) is 3.53. The van der Waals surface area contributed by atoms with E-state index in [0.717, 1.165) is 16.7 Å². The molecule has 6 nitrogen and oxygen atoms in total. The van der Waals surface area contributed by atoms with E-state index in [2.05, 4.69) is 15.3 Å². The third kappa shape index (κ3) is 2.83. The average molecular weight is 307 g/mol. The van der Waals surface area contributed by atoms with E-state index in [9.17, 15) is 4.79 Å². The first-order valence-corrected chi connectivity index (χ1v) is 7.19. The van der Waals surface area contributed by atoms with E-state index in [1.807, 2.05) is 43.6 Å². The van der Waals surface area contributed by atoms with E-state index in [1.54, 1.807) is 36.1 Å². The molecule has 1 amide bonds. The molecular weight excluding hydrogens is 290 g/mol. The lowest BCUT2D eigenvalue weighted by Gasteiger charge is -2.16. The first-order chi connectivity index (χ1) is 11.1.